The molecular weight excluding hydrogens is 258 g/mol. The first kappa shape index (κ1) is 18.2. The van der Waals surface area contributed by atoms with E-state index in [1.807, 2.05) is 0 Å². The lowest BCUT2D eigenvalue weighted by molar-refractivity contribution is 0.108. The van der Waals surface area contributed by atoms with E-state index in [9.17, 15) is 0 Å². The van der Waals surface area contributed by atoms with Crippen LogP contribution in [0.2, 0.25) is 0 Å². The molecule has 1 rings (SSSR count). The number of rotatable bonds is 13. The normalized spacial score (nSPS) is 12.5. The van der Waals surface area contributed by atoms with Crippen molar-refractivity contribution in [3.8, 4) is 0 Å². The Labute approximate surface area is 131 Å². The molecule has 0 spiro atoms. The van der Waals surface area contributed by atoms with Gasteiger partial charge in [-0.3, -0.25) is 0 Å². The molecule has 120 valence electrons. The fourth-order valence-electron chi connectivity index (χ4n) is 2.46. The zero-order valence-corrected chi connectivity index (χ0v) is 13.9. The van der Waals surface area contributed by atoms with Crippen LogP contribution in [0, 0.1) is 0 Å². The van der Waals surface area contributed by atoms with Gasteiger partial charge in [-0.15, -0.1) is 0 Å². The van der Waals surface area contributed by atoms with Crippen molar-refractivity contribution in [3.05, 3.63) is 35.9 Å². The van der Waals surface area contributed by atoms with Gasteiger partial charge in [-0.05, 0) is 24.9 Å². The zero-order chi connectivity index (χ0) is 15.2. The molecule has 1 aromatic rings. The van der Waals surface area contributed by atoms with Gasteiger partial charge < -0.3 is 10.1 Å². The molecule has 0 fully saturated rings. The van der Waals surface area contributed by atoms with E-state index in [4.69, 9.17) is 4.74 Å². The zero-order valence-electron chi connectivity index (χ0n) is 13.9. The third-order valence-electron chi connectivity index (χ3n) is 3.77. The van der Waals surface area contributed by atoms with Crippen molar-refractivity contribution in [1.29, 1.82) is 0 Å². The molecule has 1 unspecified atom stereocenters. The molecule has 0 saturated carbocycles. The van der Waals surface area contributed by atoms with Crippen LogP contribution in [-0.2, 0) is 4.74 Å². The standard InChI is InChI=1S/C19H33NO/c1-3-5-6-7-8-12-16-21-17-19(20-15-4-2)18-13-10-9-11-14-18/h9-11,13-14,19-20H,3-8,12,15-17H2,1-2H3. The van der Waals surface area contributed by atoms with Gasteiger partial charge in [-0.2, -0.15) is 0 Å². The molecule has 0 aliphatic heterocycles. The Morgan fingerprint density at radius 1 is 0.905 bits per heavy atom. The van der Waals surface area contributed by atoms with Gasteiger partial charge in [0.05, 0.1) is 12.6 Å². The first-order valence-corrected chi connectivity index (χ1v) is 8.74. The Balaban J connectivity index is 2.18. The average molecular weight is 291 g/mol. The molecule has 0 bridgehead atoms. The van der Waals surface area contributed by atoms with Crippen molar-refractivity contribution in [1.82, 2.24) is 5.32 Å². The first-order chi connectivity index (χ1) is 10.4. The van der Waals surface area contributed by atoms with Crippen LogP contribution in [0.4, 0.5) is 0 Å². The topological polar surface area (TPSA) is 21.3 Å². The van der Waals surface area contributed by atoms with E-state index in [0.29, 0.717) is 6.04 Å². The minimum absolute atomic E-state index is 0.325. The lowest BCUT2D eigenvalue weighted by atomic mass is 10.1. The van der Waals surface area contributed by atoms with Gasteiger partial charge in [0.15, 0.2) is 0 Å². The number of nitrogens with one attached hydrogen (secondary N) is 1. The molecule has 0 aliphatic rings. The summed E-state index contributed by atoms with van der Waals surface area (Å²) in [6, 6.07) is 11.0. The molecule has 1 aromatic carbocycles. The summed E-state index contributed by atoms with van der Waals surface area (Å²) in [5.41, 5.74) is 1.33. The summed E-state index contributed by atoms with van der Waals surface area (Å²) in [7, 11) is 0. The Morgan fingerprint density at radius 2 is 1.62 bits per heavy atom. The number of hydrogen-bond acceptors (Lipinski definition) is 2. The summed E-state index contributed by atoms with van der Waals surface area (Å²) in [4.78, 5) is 0. The quantitative estimate of drug-likeness (QED) is 0.510. The Hall–Kier alpha value is -0.860. The summed E-state index contributed by atoms with van der Waals surface area (Å²) in [6.07, 6.45) is 9.07. The molecule has 0 aliphatic carbocycles. The van der Waals surface area contributed by atoms with Gasteiger partial charge >= 0.3 is 0 Å². The second kappa shape index (κ2) is 12.8. The highest BCUT2D eigenvalue weighted by atomic mass is 16.5. The minimum Gasteiger partial charge on any atom is -0.379 e. The van der Waals surface area contributed by atoms with Gasteiger partial charge in [0, 0.05) is 6.61 Å². The second-order valence-electron chi connectivity index (χ2n) is 5.76. The van der Waals surface area contributed by atoms with Crippen LogP contribution in [0.15, 0.2) is 30.3 Å². The summed E-state index contributed by atoms with van der Waals surface area (Å²) >= 11 is 0. The van der Waals surface area contributed by atoms with Gasteiger partial charge in [-0.25, -0.2) is 0 Å². The lowest BCUT2D eigenvalue weighted by Crippen LogP contribution is -2.26. The maximum absolute atomic E-state index is 5.89. The van der Waals surface area contributed by atoms with Crippen LogP contribution >= 0.6 is 0 Å². The van der Waals surface area contributed by atoms with Crippen molar-refractivity contribution < 1.29 is 4.74 Å². The molecule has 1 atom stereocenters. The lowest BCUT2D eigenvalue weighted by Gasteiger charge is -2.19. The predicted octanol–water partition coefficient (Wildman–Crippen LogP) is 5.10. The van der Waals surface area contributed by atoms with Gasteiger partial charge in [0.2, 0.25) is 0 Å². The Bertz CT molecular complexity index is 326. The molecule has 0 aromatic heterocycles. The fourth-order valence-corrected chi connectivity index (χ4v) is 2.46. The van der Waals surface area contributed by atoms with Crippen molar-refractivity contribution in [2.75, 3.05) is 19.8 Å². The van der Waals surface area contributed by atoms with Crippen molar-refractivity contribution in [2.24, 2.45) is 0 Å². The molecule has 0 saturated heterocycles. The maximum atomic E-state index is 5.89. The number of unbranched alkanes of at least 4 members (excludes halogenated alkanes) is 5. The van der Waals surface area contributed by atoms with Crippen LogP contribution in [0.5, 0.6) is 0 Å². The average Bonchev–Trinajstić information content (AvgIpc) is 2.53. The van der Waals surface area contributed by atoms with E-state index < -0.39 is 0 Å². The largest absolute Gasteiger partial charge is 0.379 e. The van der Waals surface area contributed by atoms with Crippen molar-refractivity contribution >= 4 is 0 Å². The molecule has 2 heteroatoms. The van der Waals surface area contributed by atoms with Crippen LogP contribution in [-0.4, -0.2) is 19.8 Å². The Morgan fingerprint density at radius 3 is 2.33 bits per heavy atom. The van der Waals surface area contributed by atoms with Crippen LogP contribution < -0.4 is 5.32 Å². The fraction of sp³-hybridized carbons (Fsp3) is 0.684. The number of benzene rings is 1. The number of ether oxygens (including phenoxy) is 1. The van der Waals surface area contributed by atoms with E-state index in [0.717, 1.165) is 26.2 Å². The third-order valence-corrected chi connectivity index (χ3v) is 3.77. The van der Waals surface area contributed by atoms with E-state index >= 15 is 0 Å². The summed E-state index contributed by atoms with van der Waals surface area (Å²) < 4.78 is 5.89. The van der Waals surface area contributed by atoms with Gasteiger partial charge in [0.25, 0.3) is 0 Å². The summed E-state index contributed by atoms with van der Waals surface area (Å²) in [6.45, 7) is 7.17. The highest BCUT2D eigenvalue weighted by molar-refractivity contribution is 5.18. The van der Waals surface area contributed by atoms with E-state index in [1.54, 1.807) is 0 Å². The molecule has 0 heterocycles. The third kappa shape index (κ3) is 8.90. The van der Waals surface area contributed by atoms with Crippen LogP contribution in [0.3, 0.4) is 0 Å². The number of hydrogen-bond donors (Lipinski definition) is 1. The SMILES string of the molecule is CCCCCCCCOCC(NCCC)c1ccccc1. The Kier molecular flexibility index (Phi) is 11.1. The maximum Gasteiger partial charge on any atom is 0.0661 e. The smallest absolute Gasteiger partial charge is 0.0661 e. The molecule has 2 nitrogen and oxygen atoms in total. The molecular formula is C19H33NO. The van der Waals surface area contributed by atoms with Crippen molar-refractivity contribution in [3.63, 3.8) is 0 Å². The van der Waals surface area contributed by atoms with Crippen molar-refractivity contribution in [2.45, 2.75) is 64.8 Å². The van der Waals surface area contributed by atoms with E-state index in [-0.39, 0.29) is 0 Å². The van der Waals surface area contributed by atoms with Crippen LogP contribution in [0.25, 0.3) is 0 Å². The first-order valence-electron chi connectivity index (χ1n) is 8.74. The monoisotopic (exact) mass is 291 g/mol. The van der Waals surface area contributed by atoms with E-state index in [1.165, 1.54) is 44.1 Å². The summed E-state index contributed by atoms with van der Waals surface area (Å²) in [5, 5.41) is 3.58. The minimum atomic E-state index is 0.325. The molecule has 1 N–H and O–H groups in total. The van der Waals surface area contributed by atoms with E-state index in [2.05, 4.69) is 49.5 Å². The van der Waals surface area contributed by atoms with Crippen LogP contribution in [0.1, 0.15) is 70.4 Å². The van der Waals surface area contributed by atoms with Gasteiger partial charge in [0.1, 0.15) is 0 Å². The molecule has 0 amide bonds. The van der Waals surface area contributed by atoms with Gasteiger partial charge in [-0.1, -0.05) is 76.3 Å². The highest BCUT2D eigenvalue weighted by Gasteiger charge is 2.09. The predicted molar refractivity (Wildman–Crippen MR) is 91.7 cm³/mol. The summed E-state index contributed by atoms with van der Waals surface area (Å²) in [5.74, 6) is 0. The molecule has 0 radical (unpaired) electrons. The highest BCUT2D eigenvalue weighted by Crippen LogP contribution is 2.13. The second-order valence-corrected chi connectivity index (χ2v) is 5.76. The molecule has 21 heavy (non-hydrogen) atoms.